The molecule has 26 heavy (non-hydrogen) atoms. The largest absolute Gasteiger partial charge is 0.481 e. The van der Waals surface area contributed by atoms with Gasteiger partial charge in [0.1, 0.15) is 0 Å². The fourth-order valence-corrected chi connectivity index (χ4v) is 3.24. The van der Waals surface area contributed by atoms with E-state index in [-0.39, 0.29) is 24.7 Å². The smallest absolute Gasteiger partial charge is 0.451 e. The first kappa shape index (κ1) is 22.1. The number of amides is 1. The van der Waals surface area contributed by atoms with Crippen LogP contribution >= 0.6 is 0 Å². The number of aliphatic carboxylic acids is 1. The van der Waals surface area contributed by atoms with E-state index in [1.54, 1.807) is 12.2 Å². The van der Waals surface area contributed by atoms with Crippen molar-refractivity contribution in [3.05, 3.63) is 36.5 Å². The van der Waals surface area contributed by atoms with Crippen molar-refractivity contribution in [2.75, 3.05) is 13.1 Å². The number of carboxylic acid groups (broad SMARTS) is 1. The van der Waals surface area contributed by atoms with Crippen LogP contribution in [0, 0.1) is 11.8 Å². The minimum absolute atomic E-state index is 0.141. The number of hydrogen-bond donors (Lipinski definition) is 4. The maximum absolute atomic E-state index is 12.6. The van der Waals surface area contributed by atoms with Crippen LogP contribution in [-0.4, -0.2) is 58.2 Å². The van der Waals surface area contributed by atoms with Gasteiger partial charge in [0.2, 0.25) is 5.91 Å². The highest BCUT2D eigenvalue weighted by Crippen LogP contribution is 2.29. The number of carbonyl (C=O) groups excluding carboxylic acids is 1. The third-order valence-electron chi connectivity index (χ3n) is 4.70. The quantitative estimate of drug-likeness (QED) is 0.336. The van der Waals surface area contributed by atoms with Crippen molar-refractivity contribution in [3.8, 4) is 0 Å². The van der Waals surface area contributed by atoms with Crippen molar-refractivity contribution in [3.63, 3.8) is 0 Å². The molecule has 1 saturated heterocycles. The Morgan fingerprint density at radius 1 is 1.38 bits per heavy atom. The van der Waals surface area contributed by atoms with Crippen LogP contribution in [-0.2, 0) is 9.59 Å². The molecule has 0 aromatic carbocycles. The van der Waals surface area contributed by atoms with Gasteiger partial charge in [0.05, 0.1) is 12.0 Å². The molecule has 0 aromatic heterocycles. The monoisotopic (exact) mass is 364 g/mol. The third kappa shape index (κ3) is 6.78. The van der Waals surface area contributed by atoms with Gasteiger partial charge in [0, 0.05) is 13.1 Å². The van der Waals surface area contributed by atoms with Crippen molar-refractivity contribution in [1.82, 2.24) is 4.90 Å². The first-order chi connectivity index (χ1) is 12.3. The minimum atomic E-state index is -1.39. The summed E-state index contributed by atoms with van der Waals surface area (Å²) in [5.41, 5.74) is 6.96. The zero-order chi connectivity index (χ0) is 19.7. The molecule has 1 amide bonds. The van der Waals surface area contributed by atoms with Crippen LogP contribution in [0.2, 0.25) is 6.32 Å². The summed E-state index contributed by atoms with van der Waals surface area (Å²) in [6.07, 6.45) is 8.71. The fourth-order valence-electron chi connectivity index (χ4n) is 3.24. The maximum atomic E-state index is 12.6. The van der Waals surface area contributed by atoms with Gasteiger partial charge in [0.15, 0.2) is 0 Å². The van der Waals surface area contributed by atoms with Gasteiger partial charge >= 0.3 is 13.1 Å². The molecule has 0 bridgehead atoms. The predicted octanol–water partition coefficient (Wildman–Crippen LogP) is 0.804. The highest BCUT2D eigenvalue weighted by molar-refractivity contribution is 6.40. The number of nitrogens with zero attached hydrogens (tertiary/aromatic N) is 1. The van der Waals surface area contributed by atoms with E-state index in [4.69, 9.17) is 15.8 Å². The molecule has 1 aliphatic rings. The van der Waals surface area contributed by atoms with E-state index in [9.17, 15) is 14.7 Å². The van der Waals surface area contributed by atoms with Crippen molar-refractivity contribution in [2.24, 2.45) is 17.6 Å². The second-order valence-electron chi connectivity index (χ2n) is 6.63. The highest BCUT2D eigenvalue weighted by atomic mass is 16.4. The van der Waals surface area contributed by atoms with E-state index in [1.165, 1.54) is 4.90 Å². The SMILES string of the molecule is C=C/C=C\C(=C/C)CC(N)C(=O)N1CC(C(=O)O)[C@@H](CCCB(O)O)C1. The molecule has 0 aliphatic carbocycles. The average Bonchev–Trinajstić information content (AvgIpc) is 3.01. The van der Waals surface area contributed by atoms with Crippen LogP contribution in [0.25, 0.3) is 0 Å². The Kier molecular flexibility index (Phi) is 9.33. The summed E-state index contributed by atoms with van der Waals surface area (Å²) in [4.78, 5) is 25.6. The normalized spacial score (nSPS) is 21.8. The van der Waals surface area contributed by atoms with Crippen molar-refractivity contribution in [1.29, 1.82) is 0 Å². The lowest BCUT2D eigenvalue weighted by Gasteiger charge is -2.21. The molecule has 7 nitrogen and oxygen atoms in total. The Bertz CT molecular complexity index is 562. The van der Waals surface area contributed by atoms with Gasteiger partial charge in [-0.15, -0.1) is 0 Å². The van der Waals surface area contributed by atoms with Crippen molar-refractivity contribution in [2.45, 2.75) is 38.5 Å². The van der Waals surface area contributed by atoms with Gasteiger partial charge in [-0.05, 0) is 32.0 Å². The van der Waals surface area contributed by atoms with Crippen LogP contribution in [0.1, 0.15) is 26.2 Å². The van der Waals surface area contributed by atoms with Gasteiger partial charge in [-0.2, -0.15) is 0 Å². The average molecular weight is 364 g/mol. The molecule has 0 radical (unpaired) electrons. The van der Waals surface area contributed by atoms with E-state index in [0.29, 0.717) is 25.8 Å². The summed E-state index contributed by atoms with van der Waals surface area (Å²) < 4.78 is 0. The zero-order valence-corrected chi connectivity index (χ0v) is 15.3. The molecule has 1 heterocycles. The van der Waals surface area contributed by atoms with E-state index < -0.39 is 25.0 Å². The Hall–Kier alpha value is -1.90. The molecule has 0 aromatic rings. The molecule has 1 fully saturated rings. The lowest BCUT2D eigenvalue weighted by molar-refractivity contribution is -0.142. The lowest BCUT2D eigenvalue weighted by atomic mass is 9.80. The molecular weight excluding hydrogens is 335 g/mol. The minimum Gasteiger partial charge on any atom is -0.481 e. The Balaban J connectivity index is 2.69. The van der Waals surface area contributed by atoms with Crippen LogP contribution in [0.5, 0.6) is 0 Å². The molecule has 0 spiro atoms. The molecule has 2 unspecified atom stereocenters. The lowest BCUT2D eigenvalue weighted by Crippen LogP contribution is -2.43. The summed E-state index contributed by atoms with van der Waals surface area (Å²) in [6.45, 7) is 5.94. The maximum Gasteiger partial charge on any atom is 0.451 e. The van der Waals surface area contributed by atoms with Crippen LogP contribution in [0.4, 0.5) is 0 Å². The number of nitrogens with two attached hydrogens (primary N) is 1. The molecule has 8 heteroatoms. The highest BCUT2D eigenvalue weighted by Gasteiger charge is 2.40. The first-order valence-corrected chi connectivity index (χ1v) is 8.87. The summed E-state index contributed by atoms with van der Waals surface area (Å²) in [6, 6.07) is -0.733. The number of rotatable bonds is 10. The van der Waals surface area contributed by atoms with Gasteiger partial charge in [-0.3, -0.25) is 9.59 Å². The standard InChI is InChI=1S/C18H29BN2O5/c1-3-5-7-13(4-2)10-16(20)17(22)21-11-14(8-6-9-19(25)26)15(12-21)18(23)24/h3-5,7,14-16,25-26H,1,6,8-12,20H2,2H3,(H,23,24)/b7-5-,13-4+/t14-,15?,16?/m0/s1. The number of carboxylic acids is 1. The Morgan fingerprint density at radius 2 is 2.08 bits per heavy atom. The molecule has 0 saturated carbocycles. The summed E-state index contributed by atoms with van der Waals surface area (Å²) in [5.74, 6) is -2.05. The van der Waals surface area contributed by atoms with Crippen molar-refractivity contribution >= 4 is 19.0 Å². The summed E-state index contributed by atoms with van der Waals surface area (Å²) in [5, 5.41) is 27.3. The Morgan fingerprint density at radius 3 is 2.62 bits per heavy atom. The second-order valence-corrected chi connectivity index (χ2v) is 6.63. The second kappa shape index (κ2) is 11.0. The van der Waals surface area contributed by atoms with Crippen LogP contribution < -0.4 is 5.73 Å². The van der Waals surface area contributed by atoms with E-state index >= 15 is 0 Å². The van der Waals surface area contributed by atoms with Crippen LogP contribution in [0.15, 0.2) is 36.5 Å². The van der Waals surface area contributed by atoms with E-state index in [2.05, 4.69) is 6.58 Å². The zero-order valence-electron chi connectivity index (χ0n) is 15.3. The molecule has 1 aliphatic heterocycles. The molecule has 3 atom stereocenters. The fraction of sp³-hybridized carbons (Fsp3) is 0.556. The summed E-state index contributed by atoms with van der Waals surface area (Å²) >= 11 is 0. The predicted molar refractivity (Wildman–Crippen MR) is 101 cm³/mol. The molecule has 5 N–H and O–H groups in total. The van der Waals surface area contributed by atoms with Gasteiger partial charge in [-0.1, -0.05) is 42.9 Å². The molecule has 144 valence electrons. The summed E-state index contributed by atoms with van der Waals surface area (Å²) in [7, 11) is -1.39. The van der Waals surface area contributed by atoms with Gasteiger partial charge < -0.3 is 25.8 Å². The van der Waals surface area contributed by atoms with Gasteiger partial charge in [0.25, 0.3) is 0 Å². The van der Waals surface area contributed by atoms with Crippen LogP contribution in [0.3, 0.4) is 0 Å². The third-order valence-corrected chi connectivity index (χ3v) is 4.70. The number of likely N-dealkylation sites (tertiary alicyclic amines) is 1. The number of carbonyl (C=O) groups is 2. The first-order valence-electron chi connectivity index (χ1n) is 8.87. The topological polar surface area (TPSA) is 124 Å². The number of hydrogen-bond acceptors (Lipinski definition) is 5. The molecular formula is C18H29BN2O5. The number of allylic oxidation sites excluding steroid dienone is 4. The van der Waals surface area contributed by atoms with Crippen molar-refractivity contribution < 1.29 is 24.7 Å². The van der Waals surface area contributed by atoms with E-state index in [0.717, 1.165) is 5.57 Å². The Labute approximate surface area is 155 Å². The molecule has 1 rings (SSSR count). The van der Waals surface area contributed by atoms with Gasteiger partial charge in [-0.25, -0.2) is 0 Å². The van der Waals surface area contributed by atoms with E-state index in [1.807, 2.05) is 19.1 Å².